The smallest absolute Gasteiger partial charge is 0.0700 e. The highest BCUT2D eigenvalue weighted by Gasteiger charge is 2.22. The molecule has 3 nitrogen and oxygen atoms in total. The van der Waals surface area contributed by atoms with E-state index < -0.39 is 0 Å². The molecule has 3 heteroatoms. The van der Waals surface area contributed by atoms with Crippen LogP contribution >= 0.6 is 0 Å². The largest absolute Gasteiger partial charge is 0.382 e. The molecule has 0 aliphatic carbocycles. The normalized spacial score (nSPS) is 27.0. The van der Waals surface area contributed by atoms with Gasteiger partial charge in [0.15, 0.2) is 0 Å². The Hall–Kier alpha value is -0.120. The van der Waals surface area contributed by atoms with E-state index in [1.807, 2.05) is 6.92 Å². The zero-order chi connectivity index (χ0) is 10.2. The molecule has 1 saturated heterocycles. The molecule has 0 aromatic carbocycles. The number of hydrogen-bond acceptors (Lipinski definition) is 3. The standard InChI is InChI=1S/C11H23NO2/c1-3-13-8-5-4-7-12-11-6-9-14-10(11)2/h10-12H,3-9H2,1-2H3. The van der Waals surface area contributed by atoms with Crippen molar-refractivity contribution >= 4 is 0 Å². The maximum atomic E-state index is 5.47. The van der Waals surface area contributed by atoms with Crippen LogP contribution in [0.1, 0.15) is 33.1 Å². The highest BCUT2D eigenvalue weighted by atomic mass is 16.5. The summed E-state index contributed by atoms with van der Waals surface area (Å²) in [4.78, 5) is 0. The fraction of sp³-hybridized carbons (Fsp3) is 1.00. The molecule has 1 rings (SSSR count). The maximum Gasteiger partial charge on any atom is 0.0700 e. The molecule has 1 heterocycles. The van der Waals surface area contributed by atoms with E-state index in [4.69, 9.17) is 9.47 Å². The number of rotatable bonds is 7. The molecule has 1 N–H and O–H groups in total. The van der Waals surface area contributed by atoms with Gasteiger partial charge in [0.05, 0.1) is 6.10 Å². The second-order valence-corrected chi connectivity index (χ2v) is 3.83. The fourth-order valence-corrected chi connectivity index (χ4v) is 1.76. The van der Waals surface area contributed by atoms with Crippen molar-refractivity contribution in [3.05, 3.63) is 0 Å². The SMILES string of the molecule is CCOCCCCNC1CCOC1C. The van der Waals surface area contributed by atoms with Crippen molar-refractivity contribution < 1.29 is 9.47 Å². The van der Waals surface area contributed by atoms with Crippen LogP contribution in [0.4, 0.5) is 0 Å². The Morgan fingerprint density at radius 1 is 1.43 bits per heavy atom. The van der Waals surface area contributed by atoms with E-state index in [1.54, 1.807) is 0 Å². The number of unbranched alkanes of at least 4 members (excludes halogenated alkanes) is 1. The summed E-state index contributed by atoms with van der Waals surface area (Å²) in [6.45, 7) is 7.92. The van der Waals surface area contributed by atoms with E-state index in [0.29, 0.717) is 12.1 Å². The number of hydrogen-bond donors (Lipinski definition) is 1. The van der Waals surface area contributed by atoms with Crippen molar-refractivity contribution in [3.8, 4) is 0 Å². The van der Waals surface area contributed by atoms with Gasteiger partial charge in [-0.05, 0) is 39.7 Å². The third-order valence-corrected chi connectivity index (χ3v) is 2.70. The van der Waals surface area contributed by atoms with Gasteiger partial charge in [-0.25, -0.2) is 0 Å². The lowest BCUT2D eigenvalue weighted by Gasteiger charge is -2.15. The summed E-state index contributed by atoms with van der Waals surface area (Å²) >= 11 is 0. The van der Waals surface area contributed by atoms with Crippen LogP contribution in [0.2, 0.25) is 0 Å². The Bertz CT molecular complexity index is 141. The minimum atomic E-state index is 0.391. The van der Waals surface area contributed by atoms with Crippen molar-refractivity contribution in [2.45, 2.75) is 45.3 Å². The Balaban J connectivity index is 1.88. The number of nitrogens with one attached hydrogen (secondary N) is 1. The van der Waals surface area contributed by atoms with Crippen molar-refractivity contribution in [3.63, 3.8) is 0 Å². The molecule has 84 valence electrons. The van der Waals surface area contributed by atoms with Gasteiger partial charge in [0, 0.05) is 25.9 Å². The summed E-state index contributed by atoms with van der Waals surface area (Å²) in [5, 5.41) is 3.53. The molecular formula is C11H23NO2. The molecule has 1 aliphatic heterocycles. The third kappa shape index (κ3) is 4.40. The van der Waals surface area contributed by atoms with Gasteiger partial charge in [-0.3, -0.25) is 0 Å². The van der Waals surface area contributed by atoms with Crippen LogP contribution in [0.3, 0.4) is 0 Å². The first-order valence-corrected chi connectivity index (χ1v) is 5.77. The van der Waals surface area contributed by atoms with E-state index in [1.165, 1.54) is 6.42 Å². The van der Waals surface area contributed by atoms with Gasteiger partial charge in [0.2, 0.25) is 0 Å². The molecule has 2 atom stereocenters. The summed E-state index contributed by atoms with van der Waals surface area (Å²) in [6.07, 6.45) is 3.90. The van der Waals surface area contributed by atoms with Gasteiger partial charge in [0.1, 0.15) is 0 Å². The second kappa shape index (κ2) is 7.21. The van der Waals surface area contributed by atoms with Crippen molar-refractivity contribution in [2.24, 2.45) is 0 Å². The van der Waals surface area contributed by atoms with Crippen LogP contribution in [0.15, 0.2) is 0 Å². The minimum Gasteiger partial charge on any atom is -0.382 e. The Morgan fingerprint density at radius 3 is 2.93 bits per heavy atom. The van der Waals surface area contributed by atoms with Crippen LogP contribution < -0.4 is 5.32 Å². The lowest BCUT2D eigenvalue weighted by Crippen LogP contribution is -2.35. The van der Waals surface area contributed by atoms with Crippen LogP contribution in [-0.4, -0.2) is 38.5 Å². The minimum absolute atomic E-state index is 0.391. The highest BCUT2D eigenvalue weighted by molar-refractivity contribution is 4.78. The molecule has 0 radical (unpaired) electrons. The van der Waals surface area contributed by atoms with Crippen LogP contribution in [0.25, 0.3) is 0 Å². The summed E-state index contributed by atoms with van der Waals surface area (Å²) in [7, 11) is 0. The Kier molecular flexibility index (Phi) is 6.15. The quantitative estimate of drug-likeness (QED) is 0.634. The monoisotopic (exact) mass is 201 g/mol. The first-order chi connectivity index (χ1) is 6.84. The lowest BCUT2D eigenvalue weighted by molar-refractivity contribution is 0.112. The molecular weight excluding hydrogens is 178 g/mol. The second-order valence-electron chi connectivity index (χ2n) is 3.83. The van der Waals surface area contributed by atoms with E-state index in [-0.39, 0.29) is 0 Å². The maximum absolute atomic E-state index is 5.47. The molecule has 0 saturated carbocycles. The van der Waals surface area contributed by atoms with Crippen molar-refractivity contribution in [1.82, 2.24) is 5.32 Å². The predicted molar refractivity (Wildman–Crippen MR) is 57.5 cm³/mol. The van der Waals surface area contributed by atoms with Gasteiger partial charge >= 0.3 is 0 Å². The number of ether oxygens (including phenoxy) is 2. The molecule has 0 spiro atoms. The molecule has 14 heavy (non-hydrogen) atoms. The zero-order valence-corrected chi connectivity index (χ0v) is 9.42. The Labute approximate surface area is 87.2 Å². The van der Waals surface area contributed by atoms with Gasteiger partial charge in [0.25, 0.3) is 0 Å². The molecule has 0 aromatic rings. The molecule has 1 fully saturated rings. The first-order valence-electron chi connectivity index (χ1n) is 5.77. The Morgan fingerprint density at radius 2 is 2.29 bits per heavy atom. The van der Waals surface area contributed by atoms with Crippen molar-refractivity contribution in [2.75, 3.05) is 26.4 Å². The van der Waals surface area contributed by atoms with Gasteiger partial charge < -0.3 is 14.8 Å². The van der Waals surface area contributed by atoms with Crippen molar-refractivity contribution in [1.29, 1.82) is 0 Å². The predicted octanol–water partition coefficient (Wildman–Crippen LogP) is 1.57. The summed E-state index contributed by atoms with van der Waals surface area (Å²) in [5.74, 6) is 0. The first kappa shape index (κ1) is 12.0. The topological polar surface area (TPSA) is 30.5 Å². The van der Waals surface area contributed by atoms with Crippen LogP contribution in [0, 0.1) is 0 Å². The molecule has 0 aromatic heterocycles. The van der Waals surface area contributed by atoms with Crippen LogP contribution in [-0.2, 0) is 9.47 Å². The zero-order valence-electron chi connectivity index (χ0n) is 9.42. The average Bonchev–Trinajstić information content (AvgIpc) is 2.58. The molecule has 0 bridgehead atoms. The van der Waals surface area contributed by atoms with E-state index in [2.05, 4.69) is 12.2 Å². The lowest BCUT2D eigenvalue weighted by atomic mass is 10.1. The summed E-state index contributed by atoms with van der Waals surface area (Å²) < 4.78 is 10.7. The molecule has 2 unspecified atom stereocenters. The van der Waals surface area contributed by atoms with Gasteiger partial charge in [-0.2, -0.15) is 0 Å². The average molecular weight is 201 g/mol. The summed E-state index contributed by atoms with van der Waals surface area (Å²) in [5.41, 5.74) is 0. The fourth-order valence-electron chi connectivity index (χ4n) is 1.76. The van der Waals surface area contributed by atoms with E-state index in [9.17, 15) is 0 Å². The molecule has 1 aliphatic rings. The van der Waals surface area contributed by atoms with E-state index in [0.717, 1.165) is 39.2 Å². The third-order valence-electron chi connectivity index (χ3n) is 2.70. The summed E-state index contributed by atoms with van der Waals surface area (Å²) in [6, 6.07) is 0.571. The van der Waals surface area contributed by atoms with E-state index >= 15 is 0 Å². The highest BCUT2D eigenvalue weighted by Crippen LogP contribution is 2.12. The van der Waals surface area contributed by atoms with Gasteiger partial charge in [-0.15, -0.1) is 0 Å². The van der Waals surface area contributed by atoms with Crippen LogP contribution in [0.5, 0.6) is 0 Å². The molecule has 0 amide bonds. The van der Waals surface area contributed by atoms with Gasteiger partial charge in [-0.1, -0.05) is 0 Å².